The molecule has 1 amide bonds. The molecule has 1 aliphatic rings. The molecule has 4 nitrogen and oxygen atoms in total. The Kier molecular flexibility index (Phi) is 4.63. The fourth-order valence-corrected chi connectivity index (χ4v) is 2.86. The number of Topliss-reactive ketones (excluding diaryl/α,β-unsaturated/α-hetero) is 1. The lowest BCUT2D eigenvalue weighted by Gasteiger charge is -2.25. The normalized spacial score (nSPS) is 14.2. The molecule has 3 rings (SSSR count). The molecule has 0 unspecified atom stereocenters. The number of ether oxygens (including phenoxy) is 1. The second kappa shape index (κ2) is 6.84. The van der Waals surface area contributed by atoms with Gasteiger partial charge in [0.1, 0.15) is 12.4 Å². The fraction of sp³-hybridized carbons (Fsp3) is 0.222. The lowest BCUT2D eigenvalue weighted by Crippen LogP contribution is -2.21. The zero-order chi connectivity index (χ0) is 16.2. The monoisotopic (exact) mass is 329 g/mol. The molecule has 0 heterocycles. The summed E-state index contributed by atoms with van der Waals surface area (Å²) >= 11 is 6.24. The Balaban J connectivity index is 1.56. The van der Waals surface area contributed by atoms with Crippen LogP contribution in [0.5, 0.6) is 0 Å². The van der Waals surface area contributed by atoms with Gasteiger partial charge in [0, 0.05) is 23.6 Å². The maximum Gasteiger partial charge on any atom is 0.411 e. The minimum atomic E-state index is -0.531. The standard InChI is InChI=1S/C18H16ClNO3/c19-17-10-14(6-7-16(17)13-8-15(21)9-13)20-18(22)23-11-12-4-2-1-3-5-12/h1-7,10,13H,8-9,11H2,(H,20,22). The van der Waals surface area contributed by atoms with Gasteiger partial charge in [-0.3, -0.25) is 10.1 Å². The van der Waals surface area contributed by atoms with Crippen molar-refractivity contribution in [3.63, 3.8) is 0 Å². The smallest absolute Gasteiger partial charge is 0.411 e. The molecule has 118 valence electrons. The minimum Gasteiger partial charge on any atom is -0.444 e. The summed E-state index contributed by atoms with van der Waals surface area (Å²) in [6, 6.07) is 14.8. The first kappa shape index (κ1) is 15.6. The summed E-state index contributed by atoms with van der Waals surface area (Å²) in [4.78, 5) is 22.9. The highest BCUT2D eigenvalue weighted by Crippen LogP contribution is 2.38. The van der Waals surface area contributed by atoms with Crippen molar-refractivity contribution in [1.29, 1.82) is 0 Å². The Morgan fingerprint density at radius 1 is 1.17 bits per heavy atom. The fourth-order valence-electron chi connectivity index (χ4n) is 2.52. The predicted molar refractivity (Wildman–Crippen MR) is 88.7 cm³/mol. The Labute approximate surface area is 139 Å². The number of ketones is 1. The number of halogens is 1. The van der Waals surface area contributed by atoms with Crippen LogP contribution in [0.1, 0.15) is 29.9 Å². The molecule has 1 saturated carbocycles. The highest BCUT2D eigenvalue weighted by Gasteiger charge is 2.29. The molecule has 0 spiro atoms. The SMILES string of the molecule is O=C1CC(c2ccc(NC(=O)OCc3ccccc3)cc2Cl)C1. The van der Waals surface area contributed by atoms with Gasteiger partial charge in [0.25, 0.3) is 0 Å². The third kappa shape index (κ3) is 3.90. The van der Waals surface area contributed by atoms with Crippen molar-refractivity contribution < 1.29 is 14.3 Å². The Morgan fingerprint density at radius 2 is 1.91 bits per heavy atom. The summed E-state index contributed by atoms with van der Waals surface area (Å²) < 4.78 is 5.16. The topological polar surface area (TPSA) is 55.4 Å². The average molecular weight is 330 g/mol. The van der Waals surface area contributed by atoms with Gasteiger partial charge in [-0.15, -0.1) is 0 Å². The van der Waals surface area contributed by atoms with Gasteiger partial charge in [-0.25, -0.2) is 4.79 Å². The molecule has 1 fully saturated rings. The second-order valence-electron chi connectivity index (χ2n) is 5.57. The molecule has 2 aromatic rings. The number of anilines is 1. The van der Waals surface area contributed by atoms with E-state index in [0.717, 1.165) is 11.1 Å². The molecule has 0 radical (unpaired) electrons. The van der Waals surface area contributed by atoms with Crippen LogP contribution in [0.15, 0.2) is 48.5 Å². The first-order valence-corrected chi connectivity index (χ1v) is 7.78. The zero-order valence-electron chi connectivity index (χ0n) is 12.4. The van der Waals surface area contributed by atoms with Crippen molar-refractivity contribution in [2.45, 2.75) is 25.4 Å². The molecule has 1 aliphatic carbocycles. The van der Waals surface area contributed by atoms with E-state index in [-0.39, 0.29) is 18.3 Å². The van der Waals surface area contributed by atoms with Gasteiger partial charge in [0.05, 0.1) is 0 Å². The van der Waals surface area contributed by atoms with E-state index in [0.29, 0.717) is 23.6 Å². The summed E-state index contributed by atoms with van der Waals surface area (Å²) in [5.41, 5.74) is 2.45. The molecule has 0 bridgehead atoms. The lowest BCUT2D eigenvalue weighted by atomic mass is 9.79. The second-order valence-corrected chi connectivity index (χ2v) is 5.97. The van der Waals surface area contributed by atoms with Gasteiger partial charge in [-0.2, -0.15) is 0 Å². The molecule has 23 heavy (non-hydrogen) atoms. The van der Waals surface area contributed by atoms with Crippen LogP contribution < -0.4 is 5.32 Å². The maximum absolute atomic E-state index is 11.8. The highest BCUT2D eigenvalue weighted by atomic mass is 35.5. The largest absolute Gasteiger partial charge is 0.444 e. The van der Waals surface area contributed by atoms with Crippen LogP contribution in [0.3, 0.4) is 0 Å². The van der Waals surface area contributed by atoms with Crippen LogP contribution >= 0.6 is 11.6 Å². The van der Waals surface area contributed by atoms with Gasteiger partial charge in [0.15, 0.2) is 0 Å². The number of carbonyl (C=O) groups is 2. The molecule has 0 saturated heterocycles. The Bertz CT molecular complexity index is 722. The molecule has 5 heteroatoms. The van der Waals surface area contributed by atoms with Crippen LogP contribution in [0.2, 0.25) is 5.02 Å². The predicted octanol–water partition coefficient (Wildman–Crippen LogP) is 4.54. The number of amides is 1. The van der Waals surface area contributed by atoms with Gasteiger partial charge in [-0.05, 0) is 29.2 Å². The van der Waals surface area contributed by atoms with Gasteiger partial charge < -0.3 is 4.74 Å². The molecular formula is C18H16ClNO3. The minimum absolute atomic E-state index is 0.203. The van der Waals surface area contributed by atoms with Crippen LogP contribution in [0, 0.1) is 0 Å². The number of carbonyl (C=O) groups excluding carboxylic acids is 2. The molecule has 0 aliphatic heterocycles. The number of nitrogens with one attached hydrogen (secondary N) is 1. The highest BCUT2D eigenvalue weighted by molar-refractivity contribution is 6.31. The third-order valence-electron chi connectivity index (χ3n) is 3.85. The van der Waals surface area contributed by atoms with E-state index in [1.807, 2.05) is 36.4 Å². The van der Waals surface area contributed by atoms with Gasteiger partial charge in [0.2, 0.25) is 0 Å². The molecule has 1 N–H and O–H groups in total. The molecule has 2 aromatic carbocycles. The Hall–Kier alpha value is -2.33. The first-order valence-electron chi connectivity index (χ1n) is 7.40. The maximum atomic E-state index is 11.8. The van der Waals surface area contributed by atoms with Crippen LogP contribution in [-0.2, 0) is 16.1 Å². The van der Waals surface area contributed by atoms with E-state index in [4.69, 9.17) is 16.3 Å². The van der Waals surface area contributed by atoms with Crippen LogP contribution in [-0.4, -0.2) is 11.9 Å². The van der Waals surface area contributed by atoms with E-state index in [9.17, 15) is 9.59 Å². The summed E-state index contributed by atoms with van der Waals surface area (Å²) in [6.45, 7) is 0.211. The van der Waals surface area contributed by atoms with Gasteiger partial charge in [-0.1, -0.05) is 48.0 Å². The van der Waals surface area contributed by atoms with Crippen LogP contribution in [0.25, 0.3) is 0 Å². The summed E-state index contributed by atoms with van der Waals surface area (Å²) in [5.74, 6) is 0.465. The molecular weight excluding hydrogens is 314 g/mol. The van der Waals surface area contributed by atoms with E-state index < -0.39 is 6.09 Å². The van der Waals surface area contributed by atoms with E-state index in [2.05, 4.69) is 5.32 Å². The Morgan fingerprint density at radius 3 is 2.57 bits per heavy atom. The van der Waals surface area contributed by atoms with Crippen molar-refractivity contribution in [1.82, 2.24) is 0 Å². The summed E-state index contributed by atoms with van der Waals surface area (Å²) in [5, 5.41) is 3.21. The van der Waals surface area contributed by atoms with E-state index in [1.165, 1.54) is 0 Å². The third-order valence-corrected chi connectivity index (χ3v) is 4.17. The van der Waals surface area contributed by atoms with E-state index in [1.54, 1.807) is 12.1 Å². The summed E-state index contributed by atoms with van der Waals surface area (Å²) in [7, 11) is 0. The van der Waals surface area contributed by atoms with Gasteiger partial charge >= 0.3 is 6.09 Å². The molecule has 0 aromatic heterocycles. The zero-order valence-corrected chi connectivity index (χ0v) is 13.2. The van der Waals surface area contributed by atoms with E-state index >= 15 is 0 Å². The van der Waals surface area contributed by atoms with Crippen molar-refractivity contribution >= 4 is 29.2 Å². The number of hydrogen-bond acceptors (Lipinski definition) is 3. The average Bonchev–Trinajstić information content (AvgIpc) is 2.52. The lowest BCUT2D eigenvalue weighted by molar-refractivity contribution is -0.124. The van der Waals surface area contributed by atoms with Crippen molar-refractivity contribution in [3.8, 4) is 0 Å². The number of hydrogen-bond donors (Lipinski definition) is 1. The van der Waals surface area contributed by atoms with Crippen LogP contribution in [0.4, 0.5) is 10.5 Å². The number of rotatable bonds is 4. The quantitative estimate of drug-likeness (QED) is 0.896. The van der Waals surface area contributed by atoms with Crippen molar-refractivity contribution in [2.24, 2.45) is 0 Å². The summed E-state index contributed by atoms with van der Waals surface area (Å²) in [6.07, 6.45) is 0.563. The van der Waals surface area contributed by atoms with Crippen molar-refractivity contribution in [2.75, 3.05) is 5.32 Å². The number of benzene rings is 2. The molecule has 0 atom stereocenters. The first-order chi connectivity index (χ1) is 11.1. The van der Waals surface area contributed by atoms with Crippen molar-refractivity contribution in [3.05, 3.63) is 64.7 Å².